The summed E-state index contributed by atoms with van der Waals surface area (Å²) in [6, 6.07) is 7.34. The predicted molar refractivity (Wildman–Crippen MR) is 83.3 cm³/mol. The van der Waals surface area contributed by atoms with Gasteiger partial charge in [-0.25, -0.2) is 0 Å². The van der Waals surface area contributed by atoms with E-state index in [1.807, 2.05) is 29.2 Å². The van der Waals surface area contributed by atoms with Gasteiger partial charge in [-0.15, -0.1) is 0 Å². The molecule has 1 aromatic rings. The predicted octanol–water partition coefficient (Wildman–Crippen LogP) is 1.60. The second-order valence-electron chi connectivity index (χ2n) is 5.35. The second kappa shape index (κ2) is 7.68. The number of nitrogens with zero attached hydrogens (tertiary/aromatic N) is 2. The Morgan fingerprint density at radius 1 is 1.32 bits per heavy atom. The third-order valence-corrected chi connectivity index (χ3v) is 3.80. The zero-order valence-electron chi connectivity index (χ0n) is 12.8. The lowest BCUT2D eigenvalue weighted by Crippen LogP contribution is -2.40. The summed E-state index contributed by atoms with van der Waals surface area (Å²) in [4.78, 5) is 26.8. The molecule has 1 fully saturated rings. The Bertz CT molecular complexity index is 527. The number of methoxy groups -OCH3 is 1. The van der Waals surface area contributed by atoms with Crippen molar-refractivity contribution in [1.82, 2.24) is 4.90 Å². The monoisotopic (exact) mass is 306 g/mol. The number of rotatable bonds is 7. The van der Waals surface area contributed by atoms with Crippen molar-refractivity contribution in [2.24, 2.45) is 0 Å². The van der Waals surface area contributed by atoms with E-state index in [2.05, 4.69) is 0 Å². The fourth-order valence-corrected chi connectivity index (χ4v) is 2.57. The van der Waals surface area contributed by atoms with Gasteiger partial charge in [-0.2, -0.15) is 0 Å². The lowest BCUT2D eigenvalue weighted by molar-refractivity contribution is -0.137. The number of hydrogen-bond acceptors (Lipinski definition) is 4. The van der Waals surface area contributed by atoms with E-state index in [0.717, 1.165) is 31.6 Å². The third-order valence-electron chi connectivity index (χ3n) is 3.80. The number of aliphatic carboxylic acids is 1. The van der Waals surface area contributed by atoms with Gasteiger partial charge in [-0.3, -0.25) is 9.59 Å². The summed E-state index contributed by atoms with van der Waals surface area (Å²) >= 11 is 0. The zero-order valence-corrected chi connectivity index (χ0v) is 12.8. The number of hydrogen-bond donors (Lipinski definition) is 1. The second-order valence-corrected chi connectivity index (χ2v) is 5.35. The number of carbonyl (C=O) groups excluding carboxylic acids is 1. The van der Waals surface area contributed by atoms with Gasteiger partial charge in [0.1, 0.15) is 5.75 Å². The fourth-order valence-electron chi connectivity index (χ4n) is 2.57. The lowest BCUT2D eigenvalue weighted by Gasteiger charge is -2.26. The largest absolute Gasteiger partial charge is 0.497 e. The molecule has 1 aromatic carbocycles. The highest BCUT2D eigenvalue weighted by Gasteiger charge is 2.21. The molecule has 1 heterocycles. The quantitative estimate of drug-likeness (QED) is 0.828. The maximum Gasteiger partial charge on any atom is 0.305 e. The van der Waals surface area contributed by atoms with Crippen LogP contribution in [0.2, 0.25) is 0 Å². The number of carboxylic acids is 1. The maximum absolute atomic E-state index is 12.3. The van der Waals surface area contributed by atoms with E-state index < -0.39 is 5.97 Å². The van der Waals surface area contributed by atoms with Gasteiger partial charge in [0, 0.05) is 31.4 Å². The number of anilines is 1. The van der Waals surface area contributed by atoms with Gasteiger partial charge in [0.25, 0.3) is 0 Å². The van der Waals surface area contributed by atoms with Gasteiger partial charge in [0.2, 0.25) is 5.91 Å². The van der Waals surface area contributed by atoms with Crippen molar-refractivity contribution in [2.45, 2.75) is 19.3 Å². The van der Waals surface area contributed by atoms with Crippen molar-refractivity contribution in [3.8, 4) is 5.75 Å². The Morgan fingerprint density at radius 2 is 2.05 bits per heavy atom. The molecule has 0 radical (unpaired) electrons. The first-order valence-corrected chi connectivity index (χ1v) is 7.48. The Kier molecular flexibility index (Phi) is 5.63. The van der Waals surface area contributed by atoms with Crippen molar-refractivity contribution in [3.05, 3.63) is 24.3 Å². The maximum atomic E-state index is 12.3. The fraction of sp³-hybridized carbons (Fsp3) is 0.500. The van der Waals surface area contributed by atoms with E-state index in [4.69, 9.17) is 9.84 Å². The zero-order chi connectivity index (χ0) is 15.9. The molecule has 0 bridgehead atoms. The van der Waals surface area contributed by atoms with Crippen LogP contribution in [0.1, 0.15) is 19.3 Å². The molecule has 0 aromatic heterocycles. The van der Waals surface area contributed by atoms with Gasteiger partial charge in [-0.1, -0.05) is 6.07 Å². The molecule has 6 nitrogen and oxygen atoms in total. The molecule has 2 rings (SSSR count). The van der Waals surface area contributed by atoms with Gasteiger partial charge in [0.05, 0.1) is 20.1 Å². The minimum absolute atomic E-state index is 0.00943. The summed E-state index contributed by atoms with van der Waals surface area (Å²) in [5.41, 5.74) is 0.799. The Hall–Kier alpha value is -2.24. The van der Waals surface area contributed by atoms with Gasteiger partial charge >= 0.3 is 5.97 Å². The van der Waals surface area contributed by atoms with Crippen LogP contribution in [0.5, 0.6) is 5.75 Å². The summed E-state index contributed by atoms with van der Waals surface area (Å²) in [5, 5.41) is 8.91. The van der Waals surface area contributed by atoms with Gasteiger partial charge < -0.3 is 19.6 Å². The average Bonchev–Trinajstić information content (AvgIpc) is 3.05. The van der Waals surface area contributed by atoms with Gasteiger partial charge in [-0.05, 0) is 25.0 Å². The molecular formula is C16H22N2O4. The molecule has 22 heavy (non-hydrogen) atoms. The Morgan fingerprint density at radius 3 is 2.68 bits per heavy atom. The van der Waals surface area contributed by atoms with Crippen LogP contribution in [-0.4, -0.2) is 55.2 Å². The number of carboxylic acid groups (broad SMARTS) is 1. The number of likely N-dealkylation sites (tertiary alicyclic amines) is 1. The van der Waals surface area contributed by atoms with Crippen LogP contribution in [0, 0.1) is 0 Å². The summed E-state index contributed by atoms with van der Waals surface area (Å²) in [5.74, 6) is -0.140. The molecule has 6 heteroatoms. The molecule has 120 valence electrons. The lowest BCUT2D eigenvalue weighted by atomic mass is 10.2. The summed E-state index contributed by atoms with van der Waals surface area (Å²) < 4.78 is 5.20. The molecule has 1 aliphatic heterocycles. The molecule has 0 atom stereocenters. The van der Waals surface area contributed by atoms with E-state index in [9.17, 15) is 9.59 Å². The first-order valence-electron chi connectivity index (χ1n) is 7.48. The van der Waals surface area contributed by atoms with Crippen LogP contribution in [0.15, 0.2) is 24.3 Å². The molecule has 1 amide bonds. The number of benzene rings is 1. The van der Waals surface area contributed by atoms with Crippen LogP contribution in [0.3, 0.4) is 0 Å². The van der Waals surface area contributed by atoms with Crippen molar-refractivity contribution >= 4 is 17.6 Å². The number of amides is 1. The minimum atomic E-state index is -0.874. The highest BCUT2D eigenvalue weighted by atomic mass is 16.5. The Labute approximate surface area is 130 Å². The standard InChI is InChI=1S/C16H22N2O4/c1-22-14-6-4-5-13(11-14)18(10-7-16(20)21)12-15(19)17-8-2-3-9-17/h4-6,11H,2-3,7-10,12H2,1H3,(H,20,21). The average molecular weight is 306 g/mol. The Balaban J connectivity index is 2.10. The molecular weight excluding hydrogens is 284 g/mol. The molecule has 1 aliphatic rings. The molecule has 0 saturated carbocycles. The number of ether oxygens (including phenoxy) is 1. The van der Waals surface area contributed by atoms with E-state index in [1.54, 1.807) is 12.0 Å². The topological polar surface area (TPSA) is 70.1 Å². The number of carbonyl (C=O) groups is 2. The summed E-state index contributed by atoms with van der Waals surface area (Å²) in [7, 11) is 1.58. The third kappa shape index (κ3) is 4.38. The van der Waals surface area contributed by atoms with E-state index in [1.165, 1.54) is 0 Å². The van der Waals surface area contributed by atoms with E-state index in [0.29, 0.717) is 12.3 Å². The summed E-state index contributed by atoms with van der Waals surface area (Å²) in [6.07, 6.45) is 2.07. The van der Waals surface area contributed by atoms with Crippen LogP contribution < -0.4 is 9.64 Å². The van der Waals surface area contributed by atoms with Crippen molar-refractivity contribution < 1.29 is 19.4 Å². The van der Waals surface area contributed by atoms with Crippen LogP contribution in [0.25, 0.3) is 0 Å². The van der Waals surface area contributed by atoms with Crippen molar-refractivity contribution in [2.75, 3.05) is 38.2 Å². The highest BCUT2D eigenvalue weighted by molar-refractivity contribution is 5.82. The highest BCUT2D eigenvalue weighted by Crippen LogP contribution is 2.21. The smallest absolute Gasteiger partial charge is 0.305 e. The van der Waals surface area contributed by atoms with Crippen LogP contribution >= 0.6 is 0 Å². The van der Waals surface area contributed by atoms with Gasteiger partial charge in [0.15, 0.2) is 0 Å². The molecule has 0 unspecified atom stereocenters. The SMILES string of the molecule is COc1cccc(N(CCC(=O)O)CC(=O)N2CCCC2)c1. The molecule has 1 saturated heterocycles. The first-order chi connectivity index (χ1) is 10.6. The first kappa shape index (κ1) is 16.1. The molecule has 0 spiro atoms. The van der Waals surface area contributed by atoms with Crippen LogP contribution in [0.4, 0.5) is 5.69 Å². The normalized spacial score (nSPS) is 14.0. The van der Waals surface area contributed by atoms with Crippen molar-refractivity contribution in [3.63, 3.8) is 0 Å². The molecule has 0 aliphatic carbocycles. The van der Waals surface area contributed by atoms with Crippen LogP contribution in [-0.2, 0) is 9.59 Å². The summed E-state index contributed by atoms with van der Waals surface area (Å²) in [6.45, 7) is 2.08. The minimum Gasteiger partial charge on any atom is -0.497 e. The van der Waals surface area contributed by atoms with Crippen molar-refractivity contribution in [1.29, 1.82) is 0 Å². The van der Waals surface area contributed by atoms with E-state index >= 15 is 0 Å². The molecule has 1 N–H and O–H groups in total. The van der Waals surface area contributed by atoms with E-state index in [-0.39, 0.29) is 18.9 Å².